The van der Waals surface area contributed by atoms with E-state index >= 15 is 0 Å². The van der Waals surface area contributed by atoms with Gasteiger partial charge >= 0.3 is 0 Å². The zero-order valence-electron chi connectivity index (χ0n) is 17.9. The van der Waals surface area contributed by atoms with Gasteiger partial charge < -0.3 is 23.7 Å². The van der Waals surface area contributed by atoms with Gasteiger partial charge in [0, 0.05) is 5.75 Å². The largest absolute Gasteiger partial charge is 0.348 e. The van der Waals surface area contributed by atoms with Crippen LogP contribution in [-0.2, 0) is 38.9 Å². The highest BCUT2D eigenvalue weighted by atomic mass is 32.2. The van der Waals surface area contributed by atoms with Crippen LogP contribution in [0.3, 0.4) is 0 Å². The molecular formula is C20H35FO7S. The van der Waals surface area contributed by atoms with Crippen molar-refractivity contribution < 1.29 is 36.5 Å². The molecule has 0 aromatic heterocycles. The minimum absolute atomic E-state index is 0.250. The first-order valence-corrected chi connectivity index (χ1v) is 11.9. The second kappa shape index (κ2) is 9.97. The van der Waals surface area contributed by atoms with Crippen LogP contribution in [-0.4, -0.2) is 65.5 Å². The summed E-state index contributed by atoms with van der Waals surface area (Å²) in [5.41, 5.74) is 0. The van der Waals surface area contributed by atoms with Crippen LogP contribution in [0.4, 0.5) is 4.39 Å². The summed E-state index contributed by atoms with van der Waals surface area (Å²) in [6.07, 6.45) is 2.89. The number of rotatable bonds is 11. The predicted molar refractivity (Wildman–Crippen MR) is 105 cm³/mol. The van der Waals surface area contributed by atoms with Crippen LogP contribution in [0.25, 0.3) is 0 Å². The Morgan fingerprint density at radius 1 is 0.931 bits per heavy atom. The lowest BCUT2D eigenvalue weighted by molar-refractivity contribution is -0.230. The number of ether oxygens (including phenoxy) is 5. The molecular weight excluding hydrogens is 403 g/mol. The molecule has 3 aliphatic heterocycles. The molecule has 170 valence electrons. The summed E-state index contributed by atoms with van der Waals surface area (Å²) in [7, 11) is 0. The fourth-order valence-corrected chi connectivity index (χ4v) is 4.99. The van der Waals surface area contributed by atoms with Crippen LogP contribution in [0.1, 0.15) is 66.2 Å². The zero-order valence-corrected chi connectivity index (χ0v) is 18.7. The average molecular weight is 439 g/mol. The third kappa shape index (κ3) is 6.41. The van der Waals surface area contributed by atoms with Gasteiger partial charge in [0.1, 0.15) is 24.4 Å². The van der Waals surface area contributed by atoms with Crippen LogP contribution < -0.4 is 0 Å². The van der Waals surface area contributed by atoms with Crippen molar-refractivity contribution in [3.63, 3.8) is 0 Å². The Bertz CT molecular complexity index is 559. The van der Waals surface area contributed by atoms with E-state index in [0.29, 0.717) is 18.8 Å². The fourth-order valence-electron chi connectivity index (χ4n) is 3.98. The van der Waals surface area contributed by atoms with E-state index in [1.54, 1.807) is 0 Å². The molecule has 7 nitrogen and oxygen atoms in total. The number of fused-ring (bicyclic) bond motifs is 1. The molecule has 0 aromatic rings. The van der Waals surface area contributed by atoms with Crippen molar-refractivity contribution in [3.05, 3.63) is 0 Å². The number of halogens is 1. The third-order valence-corrected chi connectivity index (χ3v) is 6.40. The molecule has 0 aliphatic carbocycles. The van der Waals surface area contributed by atoms with E-state index in [2.05, 4.69) is 0 Å². The van der Waals surface area contributed by atoms with E-state index in [1.165, 1.54) is 0 Å². The highest BCUT2D eigenvalue weighted by molar-refractivity contribution is 7.80. The first kappa shape index (κ1) is 23.5. The van der Waals surface area contributed by atoms with E-state index in [4.69, 9.17) is 27.9 Å². The smallest absolute Gasteiger partial charge is 0.190 e. The van der Waals surface area contributed by atoms with Crippen molar-refractivity contribution in [2.24, 2.45) is 0 Å². The van der Waals surface area contributed by atoms with Crippen LogP contribution in [0.2, 0.25) is 0 Å². The number of hydrogen-bond donors (Lipinski definition) is 0. The summed E-state index contributed by atoms with van der Waals surface area (Å²) in [5, 5.41) is 0. The molecule has 9 heteroatoms. The molecule has 3 aliphatic rings. The monoisotopic (exact) mass is 438 g/mol. The molecule has 0 unspecified atom stereocenters. The normalized spacial score (nSPS) is 36.4. The summed E-state index contributed by atoms with van der Waals surface area (Å²) >= 11 is -1.46. The molecule has 29 heavy (non-hydrogen) atoms. The summed E-state index contributed by atoms with van der Waals surface area (Å²) < 4.78 is 60.0. The van der Waals surface area contributed by atoms with Crippen LogP contribution >= 0.6 is 0 Å². The van der Waals surface area contributed by atoms with Crippen molar-refractivity contribution in [1.29, 1.82) is 0 Å². The second-order valence-corrected chi connectivity index (χ2v) is 10.0. The van der Waals surface area contributed by atoms with Gasteiger partial charge in [-0.25, -0.2) is 4.21 Å². The Hall–Kier alpha value is -0.160. The third-order valence-electron chi connectivity index (χ3n) is 5.34. The van der Waals surface area contributed by atoms with Gasteiger partial charge in [-0.15, -0.1) is 0 Å². The molecule has 0 N–H and O–H groups in total. The summed E-state index contributed by atoms with van der Waals surface area (Å²) in [4.78, 5) is 0. The summed E-state index contributed by atoms with van der Waals surface area (Å²) in [6.45, 7) is 7.45. The Kier molecular flexibility index (Phi) is 8.08. The Morgan fingerprint density at radius 3 is 2.28 bits per heavy atom. The Morgan fingerprint density at radius 2 is 1.62 bits per heavy atom. The first-order valence-electron chi connectivity index (χ1n) is 10.7. The van der Waals surface area contributed by atoms with Crippen molar-refractivity contribution in [1.82, 2.24) is 0 Å². The molecule has 3 rings (SSSR count). The standard InChI is InChI=1S/C20H35FO7S/c1-19(2)23-13-14(25-19)15-16(17-18(24-15)27-20(3,4)26-17)28-29(22)12-10-8-6-5-7-9-11-21/h14-18H,5-13H2,1-4H3/t14-,15-,16+,17-,18-,29-/m1/s1. The van der Waals surface area contributed by atoms with Gasteiger partial charge in [0.2, 0.25) is 0 Å². The summed E-state index contributed by atoms with van der Waals surface area (Å²) in [6, 6.07) is 0. The van der Waals surface area contributed by atoms with Gasteiger partial charge in [0.05, 0.1) is 13.3 Å². The first-order chi connectivity index (χ1) is 13.7. The second-order valence-electron chi connectivity index (χ2n) is 8.82. The van der Waals surface area contributed by atoms with E-state index in [-0.39, 0.29) is 12.8 Å². The minimum atomic E-state index is -1.46. The van der Waals surface area contributed by atoms with Crippen LogP contribution in [0.15, 0.2) is 0 Å². The molecule has 3 heterocycles. The van der Waals surface area contributed by atoms with Crippen molar-refractivity contribution in [3.8, 4) is 0 Å². The van der Waals surface area contributed by atoms with Crippen LogP contribution in [0, 0.1) is 0 Å². The van der Waals surface area contributed by atoms with Crippen molar-refractivity contribution >= 4 is 11.1 Å². The van der Waals surface area contributed by atoms with Gasteiger partial charge in [0.25, 0.3) is 0 Å². The highest BCUT2D eigenvalue weighted by Crippen LogP contribution is 2.42. The van der Waals surface area contributed by atoms with Crippen molar-refractivity contribution in [2.45, 2.75) is 108 Å². The van der Waals surface area contributed by atoms with Crippen LogP contribution in [0.5, 0.6) is 0 Å². The zero-order chi connectivity index (χ0) is 21.1. The molecule has 3 fully saturated rings. The fraction of sp³-hybridized carbons (Fsp3) is 1.00. The highest BCUT2D eigenvalue weighted by Gasteiger charge is 2.59. The molecule has 0 radical (unpaired) electrons. The van der Waals surface area contributed by atoms with Crippen molar-refractivity contribution in [2.75, 3.05) is 19.0 Å². The van der Waals surface area contributed by atoms with E-state index in [9.17, 15) is 8.60 Å². The average Bonchev–Trinajstić information content (AvgIpc) is 3.24. The van der Waals surface area contributed by atoms with E-state index in [0.717, 1.165) is 32.1 Å². The SMILES string of the molecule is CC1(C)O[C@H]2O[C@H]([C@H]3COC(C)(C)O3)[C@H](O[S@@](=O)CCCCCCCCF)[C@H]2O1. The maximum absolute atomic E-state index is 12.6. The molecule has 0 amide bonds. The molecule has 0 bridgehead atoms. The quantitative estimate of drug-likeness (QED) is 0.458. The minimum Gasteiger partial charge on any atom is -0.348 e. The molecule has 3 saturated heterocycles. The lowest BCUT2D eigenvalue weighted by Gasteiger charge is -2.28. The topological polar surface area (TPSA) is 72.5 Å². The summed E-state index contributed by atoms with van der Waals surface area (Å²) in [5.74, 6) is -1.03. The molecule has 6 atom stereocenters. The van der Waals surface area contributed by atoms with E-state index in [1.807, 2.05) is 27.7 Å². The Balaban J connectivity index is 1.51. The number of alkyl halides is 1. The Labute approximate surface area is 175 Å². The van der Waals surface area contributed by atoms with E-state index < -0.39 is 47.3 Å². The number of unbranched alkanes of at least 4 members (excludes halogenated alkanes) is 5. The maximum atomic E-state index is 12.6. The predicted octanol–water partition coefficient (Wildman–Crippen LogP) is 3.37. The van der Waals surface area contributed by atoms with Gasteiger partial charge in [-0.05, 0) is 40.5 Å². The maximum Gasteiger partial charge on any atom is 0.190 e. The van der Waals surface area contributed by atoms with Gasteiger partial charge in [0.15, 0.2) is 28.9 Å². The molecule has 0 aromatic carbocycles. The van der Waals surface area contributed by atoms with Gasteiger partial charge in [-0.2, -0.15) is 0 Å². The lowest BCUT2D eigenvalue weighted by atomic mass is 10.1. The van der Waals surface area contributed by atoms with Gasteiger partial charge in [-0.1, -0.05) is 25.7 Å². The molecule has 0 spiro atoms. The molecule has 0 saturated carbocycles. The number of hydrogen-bond acceptors (Lipinski definition) is 7. The van der Waals surface area contributed by atoms with Gasteiger partial charge in [-0.3, -0.25) is 8.57 Å². The lowest BCUT2D eigenvalue weighted by Crippen LogP contribution is -2.44.